The van der Waals surface area contributed by atoms with Crippen LogP contribution in [0.25, 0.3) is 10.8 Å². The molecule has 7 heteroatoms. The predicted molar refractivity (Wildman–Crippen MR) is 107 cm³/mol. The van der Waals surface area contributed by atoms with E-state index >= 15 is 0 Å². The van der Waals surface area contributed by atoms with Gasteiger partial charge in [0.05, 0.1) is 31.2 Å². The lowest BCUT2D eigenvalue weighted by Gasteiger charge is -2.17. The zero-order valence-corrected chi connectivity index (χ0v) is 16.0. The molecule has 0 atom stereocenters. The Morgan fingerprint density at radius 1 is 1.14 bits per heavy atom. The van der Waals surface area contributed by atoms with Crippen LogP contribution in [0.4, 0.5) is 0 Å². The van der Waals surface area contributed by atoms with Gasteiger partial charge in [0.1, 0.15) is 5.75 Å². The van der Waals surface area contributed by atoms with Gasteiger partial charge in [0.25, 0.3) is 5.56 Å². The standard InChI is InChI=1S/C21H23N3O4/c1-23(12-11-20(25)26)14-19-17-5-3-4-6-18(17)21(27)24(22-19)13-15-7-9-16(28-2)10-8-15/h3-10H,11-14H2,1-2H3,(H,25,26). The highest BCUT2D eigenvalue weighted by Gasteiger charge is 2.13. The number of hydrogen-bond donors (Lipinski definition) is 1. The summed E-state index contributed by atoms with van der Waals surface area (Å²) in [6, 6.07) is 14.9. The van der Waals surface area contributed by atoms with Crippen molar-refractivity contribution < 1.29 is 14.6 Å². The normalized spacial score (nSPS) is 11.1. The van der Waals surface area contributed by atoms with E-state index in [4.69, 9.17) is 9.84 Å². The van der Waals surface area contributed by atoms with Crippen LogP contribution in [0.5, 0.6) is 5.75 Å². The summed E-state index contributed by atoms with van der Waals surface area (Å²) in [6.45, 7) is 1.21. The van der Waals surface area contributed by atoms with Gasteiger partial charge in [-0.3, -0.25) is 14.5 Å². The lowest BCUT2D eigenvalue weighted by Crippen LogP contribution is -2.28. The highest BCUT2D eigenvalue weighted by Crippen LogP contribution is 2.16. The van der Waals surface area contributed by atoms with Gasteiger partial charge in [0.2, 0.25) is 0 Å². The summed E-state index contributed by atoms with van der Waals surface area (Å²) in [5.41, 5.74) is 1.54. The topological polar surface area (TPSA) is 84.7 Å². The van der Waals surface area contributed by atoms with Crippen molar-refractivity contribution in [2.45, 2.75) is 19.5 Å². The fourth-order valence-electron chi connectivity index (χ4n) is 3.05. The van der Waals surface area contributed by atoms with Gasteiger partial charge in [-0.25, -0.2) is 4.68 Å². The fourth-order valence-corrected chi connectivity index (χ4v) is 3.05. The van der Waals surface area contributed by atoms with Crippen molar-refractivity contribution in [2.75, 3.05) is 20.7 Å². The summed E-state index contributed by atoms with van der Waals surface area (Å²) in [5, 5.41) is 14.9. The molecule has 1 aromatic heterocycles. The smallest absolute Gasteiger partial charge is 0.304 e. The van der Waals surface area contributed by atoms with Crippen LogP contribution in [0.15, 0.2) is 53.3 Å². The van der Waals surface area contributed by atoms with Gasteiger partial charge < -0.3 is 9.84 Å². The summed E-state index contributed by atoms with van der Waals surface area (Å²) < 4.78 is 6.63. The number of fused-ring (bicyclic) bond motifs is 1. The van der Waals surface area contributed by atoms with E-state index in [0.717, 1.165) is 22.4 Å². The van der Waals surface area contributed by atoms with Gasteiger partial charge >= 0.3 is 5.97 Å². The SMILES string of the molecule is COc1ccc(Cn2nc(CN(C)CCC(=O)O)c3ccccc3c2=O)cc1. The van der Waals surface area contributed by atoms with E-state index in [9.17, 15) is 9.59 Å². The molecule has 0 radical (unpaired) electrons. The third kappa shape index (κ3) is 4.55. The summed E-state index contributed by atoms with van der Waals surface area (Å²) in [6.07, 6.45) is 0.0555. The summed E-state index contributed by atoms with van der Waals surface area (Å²) in [4.78, 5) is 25.6. The maximum Gasteiger partial charge on any atom is 0.304 e. The molecule has 28 heavy (non-hydrogen) atoms. The number of ether oxygens (including phenoxy) is 1. The van der Waals surface area contributed by atoms with Crippen molar-refractivity contribution >= 4 is 16.7 Å². The van der Waals surface area contributed by atoms with E-state index in [0.29, 0.717) is 25.0 Å². The molecular weight excluding hydrogens is 358 g/mol. The van der Waals surface area contributed by atoms with Crippen LogP contribution < -0.4 is 10.3 Å². The maximum absolute atomic E-state index is 12.9. The molecule has 3 rings (SSSR count). The average Bonchev–Trinajstić information content (AvgIpc) is 2.70. The molecule has 2 aromatic carbocycles. The van der Waals surface area contributed by atoms with Gasteiger partial charge in [-0.05, 0) is 30.8 Å². The molecule has 3 aromatic rings. The maximum atomic E-state index is 12.9. The Kier molecular flexibility index (Phi) is 6.06. The molecule has 0 spiro atoms. The molecule has 0 amide bonds. The van der Waals surface area contributed by atoms with E-state index in [1.54, 1.807) is 13.2 Å². The second-order valence-electron chi connectivity index (χ2n) is 6.68. The number of nitrogens with zero attached hydrogens (tertiary/aromatic N) is 3. The van der Waals surface area contributed by atoms with Gasteiger partial charge in [0.15, 0.2) is 0 Å². The van der Waals surface area contributed by atoms with E-state index in [1.165, 1.54) is 4.68 Å². The molecule has 146 valence electrons. The number of aliphatic carboxylic acids is 1. The van der Waals surface area contributed by atoms with Gasteiger partial charge in [0, 0.05) is 18.5 Å². The van der Waals surface area contributed by atoms with Gasteiger partial charge in [-0.1, -0.05) is 30.3 Å². The van der Waals surface area contributed by atoms with Crippen LogP contribution in [0.1, 0.15) is 17.7 Å². The highest BCUT2D eigenvalue weighted by atomic mass is 16.5. The first-order valence-electron chi connectivity index (χ1n) is 9.00. The van der Waals surface area contributed by atoms with Crippen molar-refractivity contribution in [3.8, 4) is 5.75 Å². The quantitative estimate of drug-likeness (QED) is 0.645. The van der Waals surface area contributed by atoms with Crippen molar-refractivity contribution in [2.24, 2.45) is 0 Å². The number of carboxylic acids is 1. The molecular formula is C21H23N3O4. The molecule has 0 saturated heterocycles. The Labute approximate surface area is 162 Å². The zero-order valence-electron chi connectivity index (χ0n) is 16.0. The monoisotopic (exact) mass is 381 g/mol. The van der Waals surface area contributed by atoms with Crippen molar-refractivity contribution in [1.82, 2.24) is 14.7 Å². The Bertz CT molecular complexity index is 1030. The minimum absolute atomic E-state index is 0.0555. The fraction of sp³-hybridized carbons (Fsp3) is 0.286. The Hall–Kier alpha value is -3.19. The van der Waals surface area contributed by atoms with E-state index in [2.05, 4.69) is 5.10 Å². The third-order valence-electron chi connectivity index (χ3n) is 4.56. The van der Waals surface area contributed by atoms with Crippen LogP contribution in [-0.4, -0.2) is 46.5 Å². The third-order valence-corrected chi connectivity index (χ3v) is 4.56. The van der Waals surface area contributed by atoms with Crippen LogP contribution in [0.3, 0.4) is 0 Å². The molecule has 1 N–H and O–H groups in total. The molecule has 1 heterocycles. The second kappa shape index (κ2) is 8.67. The molecule has 0 saturated carbocycles. The minimum atomic E-state index is -0.839. The van der Waals surface area contributed by atoms with E-state index in [1.807, 2.05) is 54.4 Å². The van der Waals surface area contributed by atoms with Crippen LogP contribution in [0, 0.1) is 0 Å². The van der Waals surface area contributed by atoms with Crippen molar-refractivity contribution in [3.05, 3.63) is 70.1 Å². The number of aromatic nitrogens is 2. The lowest BCUT2D eigenvalue weighted by molar-refractivity contribution is -0.137. The molecule has 0 aliphatic carbocycles. The average molecular weight is 381 g/mol. The highest BCUT2D eigenvalue weighted by molar-refractivity contribution is 5.83. The molecule has 0 fully saturated rings. The van der Waals surface area contributed by atoms with E-state index < -0.39 is 5.97 Å². The molecule has 7 nitrogen and oxygen atoms in total. The Balaban J connectivity index is 1.95. The number of rotatable bonds is 8. The first kappa shape index (κ1) is 19.6. The Morgan fingerprint density at radius 3 is 2.46 bits per heavy atom. The summed E-state index contributed by atoms with van der Waals surface area (Å²) >= 11 is 0. The van der Waals surface area contributed by atoms with Crippen molar-refractivity contribution in [3.63, 3.8) is 0 Å². The molecule has 0 aliphatic rings. The van der Waals surface area contributed by atoms with Gasteiger partial charge in [-0.15, -0.1) is 0 Å². The second-order valence-corrected chi connectivity index (χ2v) is 6.68. The number of hydrogen-bond acceptors (Lipinski definition) is 5. The lowest BCUT2D eigenvalue weighted by atomic mass is 10.1. The van der Waals surface area contributed by atoms with Crippen LogP contribution >= 0.6 is 0 Å². The number of methoxy groups -OCH3 is 1. The molecule has 0 bridgehead atoms. The zero-order chi connectivity index (χ0) is 20.1. The molecule has 0 unspecified atom stereocenters. The first-order chi connectivity index (χ1) is 13.5. The molecule has 0 aliphatic heterocycles. The summed E-state index contributed by atoms with van der Waals surface area (Å²) in [5.74, 6) is -0.0857. The predicted octanol–water partition coefficient (Wildman–Crippen LogP) is 2.36. The minimum Gasteiger partial charge on any atom is -0.497 e. The Morgan fingerprint density at radius 2 is 1.82 bits per heavy atom. The van der Waals surface area contributed by atoms with Crippen LogP contribution in [-0.2, 0) is 17.9 Å². The van der Waals surface area contributed by atoms with Gasteiger partial charge in [-0.2, -0.15) is 5.10 Å². The van der Waals surface area contributed by atoms with Crippen LogP contribution in [0.2, 0.25) is 0 Å². The largest absolute Gasteiger partial charge is 0.497 e. The van der Waals surface area contributed by atoms with Crippen molar-refractivity contribution in [1.29, 1.82) is 0 Å². The summed E-state index contributed by atoms with van der Waals surface area (Å²) in [7, 11) is 3.45. The number of carbonyl (C=O) groups is 1. The number of benzene rings is 2. The van der Waals surface area contributed by atoms with E-state index in [-0.39, 0.29) is 12.0 Å². The number of carboxylic acid groups (broad SMARTS) is 1. The first-order valence-corrected chi connectivity index (χ1v) is 9.00.